The summed E-state index contributed by atoms with van der Waals surface area (Å²) in [6, 6.07) is 3.63. The molecule has 1 unspecified atom stereocenters. The Labute approximate surface area is 120 Å². The molecule has 0 radical (unpaired) electrons. The molecular weight excluding hydrogens is 304 g/mol. The minimum absolute atomic E-state index is 0.0196. The highest BCUT2D eigenvalue weighted by Crippen LogP contribution is 2.24. The van der Waals surface area contributed by atoms with Crippen LogP contribution in [0.15, 0.2) is 23.1 Å². The lowest BCUT2D eigenvalue weighted by atomic mass is 10.2. The lowest BCUT2D eigenvalue weighted by molar-refractivity contribution is -0.385. The number of nitro benzene ring substituents is 1. The molecule has 1 atom stereocenters. The number of hydrogen-bond donors (Lipinski definition) is 3. The molecule has 0 aliphatic carbocycles. The van der Waals surface area contributed by atoms with E-state index < -0.39 is 27.0 Å². The monoisotopic (exact) mass is 318 g/mol. The summed E-state index contributed by atoms with van der Waals surface area (Å²) >= 11 is 0. The Bertz CT molecular complexity index is 657. The Kier molecular flexibility index (Phi) is 5.35. The Morgan fingerprint density at radius 3 is 2.62 bits per heavy atom. The van der Waals surface area contributed by atoms with E-state index in [0.29, 0.717) is 0 Å². The molecule has 0 saturated carbocycles. The van der Waals surface area contributed by atoms with E-state index in [1.165, 1.54) is 25.1 Å². The van der Waals surface area contributed by atoms with Crippen LogP contribution in [0.2, 0.25) is 0 Å². The number of hydrogen-bond acceptors (Lipinski definition) is 6. The number of nitrogens with zero attached hydrogens (tertiary/aromatic N) is 1. The fourth-order valence-electron chi connectivity index (χ4n) is 1.62. The standard InChI is InChI=1S/C11H14N2O7S/c1-7-8(13(17)18)3-2-4-10(7)21(19,20)12-6-5-9(14)11(15)16/h2-4,9,12,14H,5-6H2,1H3,(H,15,16). The Morgan fingerprint density at radius 1 is 1.48 bits per heavy atom. The molecule has 3 N–H and O–H groups in total. The van der Waals surface area contributed by atoms with E-state index in [1.54, 1.807) is 0 Å². The molecule has 0 fully saturated rings. The maximum absolute atomic E-state index is 12.0. The topological polar surface area (TPSA) is 147 Å². The molecule has 21 heavy (non-hydrogen) atoms. The number of nitrogens with one attached hydrogen (secondary N) is 1. The fourth-order valence-corrected chi connectivity index (χ4v) is 2.93. The summed E-state index contributed by atoms with van der Waals surface area (Å²) in [5.41, 5.74) is -0.350. The van der Waals surface area contributed by atoms with Crippen LogP contribution < -0.4 is 4.72 Å². The molecule has 0 aromatic heterocycles. The van der Waals surface area contributed by atoms with Gasteiger partial charge in [0.05, 0.1) is 9.82 Å². The van der Waals surface area contributed by atoms with Crippen molar-refractivity contribution in [3.8, 4) is 0 Å². The highest BCUT2D eigenvalue weighted by Gasteiger charge is 2.23. The molecule has 1 aromatic rings. The van der Waals surface area contributed by atoms with Crippen molar-refractivity contribution in [3.63, 3.8) is 0 Å². The molecular formula is C11H14N2O7S. The van der Waals surface area contributed by atoms with Gasteiger partial charge < -0.3 is 10.2 Å². The summed E-state index contributed by atoms with van der Waals surface area (Å²) in [7, 11) is -4.03. The van der Waals surface area contributed by atoms with E-state index in [0.717, 1.165) is 0 Å². The highest BCUT2D eigenvalue weighted by molar-refractivity contribution is 7.89. The molecule has 0 spiro atoms. The number of aliphatic carboxylic acids is 1. The van der Waals surface area contributed by atoms with Crippen LogP contribution in [0.25, 0.3) is 0 Å². The van der Waals surface area contributed by atoms with E-state index in [1.807, 2.05) is 0 Å². The second-order valence-corrected chi connectivity index (χ2v) is 5.93. The minimum Gasteiger partial charge on any atom is -0.479 e. The van der Waals surface area contributed by atoms with Gasteiger partial charge >= 0.3 is 5.97 Å². The smallest absolute Gasteiger partial charge is 0.332 e. The van der Waals surface area contributed by atoms with Gasteiger partial charge in [-0.15, -0.1) is 0 Å². The Hall–Kier alpha value is -2.04. The van der Waals surface area contributed by atoms with Crippen LogP contribution in [0.5, 0.6) is 0 Å². The number of nitro groups is 1. The molecule has 116 valence electrons. The van der Waals surface area contributed by atoms with Crippen LogP contribution in [0, 0.1) is 17.0 Å². The Morgan fingerprint density at radius 2 is 2.10 bits per heavy atom. The maximum Gasteiger partial charge on any atom is 0.332 e. The number of benzene rings is 1. The number of rotatable bonds is 7. The van der Waals surface area contributed by atoms with Crippen molar-refractivity contribution in [3.05, 3.63) is 33.9 Å². The van der Waals surface area contributed by atoms with Crippen LogP contribution in [0.1, 0.15) is 12.0 Å². The second-order valence-electron chi connectivity index (χ2n) is 4.20. The third kappa shape index (κ3) is 4.21. The van der Waals surface area contributed by atoms with Gasteiger partial charge in [-0.3, -0.25) is 10.1 Å². The minimum atomic E-state index is -4.03. The fraction of sp³-hybridized carbons (Fsp3) is 0.364. The molecule has 10 heteroatoms. The van der Waals surface area contributed by atoms with Gasteiger partial charge in [-0.1, -0.05) is 6.07 Å². The summed E-state index contributed by atoms with van der Waals surface area (Å²) in [6.45, 7) is 0.997. The van der Waals surface area contributed by atoms with E-state index >= 15 is 0 Å². The molecule has 9 nitrogen and oxygen atoms in total. The van der Waals surface area contributed by atoms with Crippen molar-refractivity contribution in [1.82, 2.24) is 4.72 Å². The van der Waals surface area contributed by atoms with Gasteiger partial charge in [0.1, 0.15) is 0 Å². The zero-order valence-electron chi connectivity index (χ0n) is 11.0. The van der Waals surface area contributed by atoms with Crippen LogP contribution in [-0.2, 0) is 14.8 Å². The largest absolute Gasteiger partial charge is 0.479 e. The highest BCUT2D eigenvalue weighted by atomic mass is 32.2. The number of carboxylic acids is 1. The van der Waals surface area contributed by atoms with E-state index in [2.05, 4.69) is 4.72 Å². The zero-order valence-corrected chi connectivity index (χ0v) is 11.8. The van der Waals surface area contributed by atoms with E-state index in [9.17, 15) is 23.3 Å². The van der Waals surface area contributed by atoms with E-state index in [4.69, 9.17) is 10.2 Å². The van der Waals surface area contributed by atoms with Crippen LogP contribution in [0.4, 0.5) is 5.69 Å². The zero-order chi connectivity index (χ0) is 16.2. The molecule has 0 aliphatic rings. The Balaban J connectivity index is 2.91. The van der Waals surface area contributed by atoms with Crippen LogP contribution in [-0.4, -0.2) is 42.2 Å². The van der Waals surface area contributed by atoms with Gasteiger partial charge in [0.15, 0.2) is 6.10 Å². The van der Waals surface area contributed by atoms with Gasteiger partial charge in [-0.2, -0.15) is 0 Å². The first-order valence-corrected chi connectivity index (χ1v) is 7.29. The second kappa shape index (κ2) is 6.61. The van der Waals surface area contributed by atoms with Gasteiger partial charge in [-0.05, 0) is 19.4 Å². The molecule has 0 aliphatic heterocycles. The lowest BCUT2D eigenvalue weighted by Gasteiger charge is -2.10. The first-order valence-electron chi connectivity index (χ1n) is 5.81. The normalized spacial score (nSPS) is 12.9. The van der Waals surface area contributed by atoms with Crippen molar-refractivity contribution < 1.29 is 28.3 Å². The average Bonchev–Trinajstić information content (AvgIpc) is 2.37. The van der Waals surface area contributed by atoms with Gasteiger partial charge in [0, 0.05) is 18.2 Å². The summed E-state index contributed by atoms with van der Waals surface area (Å²) in [5, 5.41) is 28.3. The summed E-state index contributed by atoms with van der Waals surface area (Å²) in [6.07, 6.45) is -2.00. The summed E-state index contributed by atoms with van der Waals surface area (Å²) in [4.78, 5) is 20.2. The van der Waals surface area contributed by atoms with Crippen molar-refractivity contribution >= 4 is 21.7 Å². The molecule has 0 saturated heterocycles. The molecule has 0 amide bonds. The van der Waals surface area contributed by atoms with Crippen LogP contribution in [0.3, 0.4) is 0 Å². The number of sulfonamides is 1. The number of aliphatic hydroxyl groups excluding tert-OH is 1. The van der Waals surface area contributed by atoms with Crippen molar-refractivity contribution in [2.24, 2.45) is 0 Å². The molecule has 0 heterocycles. The van der Waals surface area contributed by atoms with E-state index in [-0.39, 0.29) is 29.1 Å². The molecule has 0 bridgehead atoms. The molecule has 1 rings (SSSR count). The quantitative estimate of drug-likeness (QED) is 0.474. The maximum atomic E-state index is 12.0. The predicted molar refractivity (Wildman–Crippen MR) is 71.3 cm³/mol. The van der Waals surface area contributed by atoms with Crippen molar-refractivity contribution in [1.29, 1.82) is 0 Å². The van der Waals surface area contributed by atoms with Gasteiger partial charge in [0.25, 0.3) is 5.69 Å². The SMILES string of the molecule is Cc1c([N+](=O)[O-])cccc1S(=O)(=O)NCCC(O)C(=O)O. The first kappa shape index (κ1) is 17.0. The first-order chi connectivity index (χ1) is 9.66. The van der Waals surface area contributed by atoms with Gasteiger partial charge in [-0.25, -0.2) is 17.9 Å². The third-order valence-corrected chi connectivity index (χ3v) is 4.34. The van der Waals surface area contributed by atoms with Crippen molar-refractivity contribution in [2.75, 3.05) is 6.54 Å². The predicted octanol–water partition coefficient (Wildman–Crippen LogP) is 0.0171. The summed E-state index contributed by atoms with van der Waals surface area (Å²) in [5.74, 6) is -1.46. The molecule has 1 aromatic carbocycles. The number of carboxylic acid groups (broad SMARTS) is 1. The van der Waals surface area contributed by atoms with Crippen molar-refractivity contribution in [2.45, 2.75) is 24.3 Å². The third-order valence-electron chi connectivity index (χ3n) is 2.74. The number of aliphatic hydroxyl groups is 1. The summed E-state index contributed by atoms with van der Waals surface area (Å²) < 4.78 is 26.1. The lowest BCUT2D eigenvalue weighted by Crippen LogP contribution is -2.30. The number of carbonyl (C=O) groups is 1. The van der Waals surface area contributed by atoms with Crippen LogP contribution >= 0.6 is 0 Å². The average molecular weight is 318 g/mol. The van der Waals surface area contributed by atoms with Gasteiger partial charge in [0.2, 0.25) is 10.0 Å².